The van der Waals surface area contributed by atoms with E-state index >= 15 is 0 Å². The van der Waals surface area contributed by atoms with Crippen LogP contribution in [-0.4, -0.2) is 32.3 Å². The van der Waals surface area contributed by atoms with E-state index in [-0.39, 0.29) is 17.7 Å². The monoisotopic (exact) mass is 295 g/mol. The fourth-order valence-electron chi connectivity index (χ4n) is 1.83. The first-order valence-corrected chi connectivity index (χ1v) is 6.87. The third-order valence-corrected chi connectivity index (χ3v) is 2.87. The van der Waals surface area contributed by atoms with E-state index in [0.29, 0.717) is 6.54 Å². The Hall–Kier alpha value is -2.18. The molecule has 1 aromatic heterocycles. The van der Waals surface area contributed by atoms with Crippen LogP contribution in [0.15, 0.2) is 16.9 Å². The summed E-state index contributed by atoms with van der Waals surface area (Å²) in [5.74, 6) is -1.49. The van der Waals surface area contributed by atoms with Gasteiger partial charge in [0.15, 0.2) is 0 Å². The number of carbonyl (C=O) groups is 2. The molecular formula is C14H21N3O4. The minimum Gasteiger partial charge on any atom is -0.481 e. The zero-order chi connectivity index (χ0) is 16.0. The maximum atomic E-state index is 12.1. The number of aryl methyl sites for hydroxylation is 1. The van der Waals surface area contributed by atoms with Crippen molar-refractivity contribution in [1.82, 2.24) is 15.1 Å². The van der Waals surface area contributed by atoms with Crippen LogP contribution in [0.1, 0.15) is 50.5 Å². The second kappa shape index (κ2) is 7.01. The fourth-order valence-corrected chi connectivity index (χ4v) is 1.83. The number of nitrogens with one attached hydrogen (secondary N) is 1. The van der Waals surface area contributed by atoms with Crippen molar-refractivity contribution in [1.29, 1.82) is 0 Å². The van der Waals surface area contributed by atoms with E-state index in [1.54, 1.807) is 13.8 Å². The zero-order valence-corrected chi connectivity index (χ0v) is 12.5. The summed E-state index contributed by atoms with van der Waals surface area (Å²) in [6.07, 6.45) is 1.51. The maximum absolute atomic E-state index is 12.1. The second-order valence-corrected chi connectivity index (χ2v) is 5.54. The highest BCUT2D eigenvalue weighted by Crippen LogP contribution is 2.09. The Bertz CT molecular complexity index is 578. The predicted octanol–water partition coefficient (Wildman–Crippen LogP) is 1.03. The summed E-state index contributed by atoms with van der Waals surface area (Å²) in [7, 11) is 0. The van der Waals surface area contributed by atoms with Gasteiger partial charge >= 0.3 is 5.97 Å². The molecule has 1 aromatic rings. The maximum Gasteiger partial charge on any atom is 0.305 e. The third kappa shape index (κ3) is 5.37. The first-order chi connectivity index (χ1) is 9.75. The van der Waals surface area contributed by atoms with Crippen molar-refractivity contribution in [2.24, 2.45) is 0 Å². The highest BCUT2D eigenvalue weighted by molar-refractivity contribution is 5.92. The smallest absolute Gasteiger partial charge is 0.305 e. The summed E-state index contributed by atoms with van der Waals surface area (Å²) in [4.78, 5) is 34.5. The molecule has 0 bridgehead atoms. The Labute approximate surface area is 123 Å². The summed E-state index contributed by atoms with van der Waals surface area (Å²) in [6, 6.07) is 2.64. The Morgan fingerprint density at radius 3 is 2.62 bits per heavy atom. The van der Waals surface area contributed by atoms with Crippen molar-refractivity contribution in [3.63, 3.8) is 0 Å². The van der Waals surface area contributed by atoms with Crippen molar-refractivity contribution >= 4 is 11.9 Å². The molecule has 0 aliphatic rings. The minimum atomic E-state index is -0.999. The molecule has 0 radical (unpaired) electrons. The Balaban J connectivity index is 2.87. The van der Waals surface area contributed by atoms with Crippen molar-refractivity contribution in [3.05, 3.63) is 28.2 Å². The lowest BCUT2D eigenvalue weighted by Gasteiger charge is -2.24. The molecule has 0 aliphatic heterocycles. The molecular weight excluding hydrogens is 274 g/mol. The topological polar surface area (TPSA) is 101 Å². The average molecular weight is 295 g/mol. The number of nitrogens with zero attached hydrogens (tertiary/aromatic N) is 2. The molecule has 116 valence electrons. The molecule has 1 amide bonds. The number of carbonyl (C=O) groups excluding carboxylic acids is 1. The van der Waals surface area contributed by atoms with Crippen LogP contribution in [0.5, 0.6) is 0 Å². The van der Waals surface area contributed by atoms with Crippen LogP contribution >= 0.6 is 0 Å². The molecule has 0 spiro atoms. The standard InChI is InChI=1S/C14H21N3O4/c1-4-5-8-17-11(18)7-6-10(16-17)13(21)15-14(2,3)9-12(19)20/h6-7H,4-5,8-9H2,1-3H3,(H,15,21)(H,19,20). The molecule has 21 heavy (non-hydrogen) atoms. The van der Waals surface area contributed by atoms with Crippen molar-refractivity contribution in [2.75, 3.05) is 0 Å². The zero-order valence-electron chi connectivity index (χ0n) is 12.5. The SMILES string of the molecule is CCCCn1nc(C(=O)NC(C)(C)CC(=O)O)ccc1=O. The summed E-state index contributed by atoms with van der Waals surface area (Å²) < 4.78 is 1.25. The molecule has 1 rings (SSSR count). The van der Waals surface area contributed by atoms with Crippen LogP contribution in [-0.2, 0) is 11.3 Å². The van der Waals surface area contributed by atoms with Gasteiger partial charge in [-0.05, 0) is 26.3 Å². The lowest BCUT2D eigenvalue weighted by Crippen LogP contribution is -2.45. The van der Waals surface area contributed by atoms with Gasteiger partial charge in [0.2, 0.25) is 0 Å². The molecule has 0 saturated carbocycles. The number of carboxylic acids is 1. The molecule has 0 unspecified atom stereocenters. The first-order valence-electron chi connectivity index (χ1n) is 6.87. The molecule has 7 heteroatoms. The molecule has 1 heterocycles. The van der Waals surface area contributed by atoms with Crippen molar-refractivity contribution < 1.29 is 14.7 Å². The predicted molar refractivity (Wildman–Crippen MR) is 77.2 cm³/mol. The van der Waals surface area contributed by atoms with Gasteiger partial charge in [0, 0.05) is 18.2 Å². The van der Waals surface area contributed by atoms with E-state index in [1.807, 2.05) is 6.92 Å². The first kappa shape index (κ1) is 16.9. The quantitative estimate of drug-likeness (QED) is 0.782. The molecule has 0 aliphatic carbocycles. The van der Waals surface area contributed by atoms with Gasteiger partial charge in [-0.2, -0.15) is 5.10 Å². The number of aromatic nitrogens is 2. The van der Waals surface area contributed by atoms with Crippen LogP contribution < -0.4 is 10.9 Å². The van der Waals surface area contributed by atoms with Gasteiger partial charge in [-0.3, -0.25) is 14.4 Å². The van der Waals surface area contributed by atoms with E-state index in [0.717, 1.165) is 12.8 Å². The Morgan fingerprint density at radius 2 is 2.05 bits per heavy atom. The molecule has 0 atom stereocenters. The second-order valence-electron chi connectivity index (χ2n) is 5.54. The van der Waals surface area contributed by atoms with Gasteiger partial charge in [-0.25, -0.2) is 4.68 Å². The van der Waals surface area contributed by atoms with Crippen LogP contribution in [0, 0.1) is 0 Å². The van der Waals surface area contributed by atoms with Gasteiger partial charge in [0.05, 0.1) is 6.42 Å². The minimum absolute atomic E-state index is 0.101. The number of hydrogen-bond acceptors (Lipinski definition) is 4. The molecule has 2 N–H and O–H groups in total. The lowest BCUT2D eigenvalue weighted by molar-refractivity contribution is -0.138. The van der Waals surface area contributed by atoms with Crippen LogP contribution in [0.25, 0.3) is 0 Å². The molecule has 0 aromatic carbocycles. The molecule has 0 fully saturated rings. The normalized spacial score (nSPS) is 11.2. The highest BCUT2D eigenvalue weighted by Gasteiger charge is 2.25. The van der Waals surface area contributed by atoms with Crippen molar-refractivity contribution in [3.8, 4) is 0 Å². The summed E-state index contributed by atoms with van der Waals surface area (Å²) in [5, 5.41) is 15.4. The van der Waals surface area contributed by atoms with Gasteiger partial charge in [-0.1, -0.05) is 13.3 Å². The fraction of sp³-hybridized carbons (Fsp3) is 0.571. The van der Waals surface area contributed by atoms with E-state index in [2.05, 4.69) is 10.4 Å². The van der Waals surface area contributed by atoms with Crippen molar-refractivity contribution in [2.45, 2.75) is 52.1 Å². The van der Waals surface area contributed by atoms with E-state index in [4.69, 9.17) is 5.11 Å². The molecule has 0 saturated heterocycles. The third-order valence-electron chi connectivity index (χ3n) is 2.87. The molecule has 7 nitrogen and oxygen atoms in total. The summed E-state index contributed by atoms with van der Waals surface area (Å²) in [5.41, 5.74) is -1.05. The van der Waals surface area contributed by atoms with Crippen LogP contribution in [0.2, 0.25) is 0 Å². The summed E-state index contributed by atoms with van der Waals surface area (Å²) in [6.45, 7) is 5.68. The van der Waals surface area contributed by atoms with E-state index in [1.165, 1.54) is 16.8 Å². The number of amides is 1. The largest absolute Gasteiger partial charge is 0.481 e. The van der Waals surface area contributed by atoms with Gasteiger partial charge in [-0.15, -0.1) is 0 Å². The highest BCUT2D eigenvalue weighted by atomic mass is 16.4. The van der Waals surface area contributed by atoms with Crippen LogP contribution in [0.4, 0.5) is 0 Å². The average Bonchev–Trinajstić information content (AvgIpc) is 2.35. The van der Waals surface area contributed by atoms with Crippen LogP contribution in [0.3, 0.4) is 0 Å². The van der Waals surface area contributed by atoms with Gasteiger partial charge in [0.25, 0.3) is 11.5 Å². The summed E-state index contributed by atoms with van der Waals surface area (Å²) >= 11 is 0. The van der Waals surface area contributed by atoms with E-state index < -0.39 is 17.4 Å². The Kier molecular flexibility index (Phi) is 5.63. The van der Waals surface area contributed by atoms with Gasteiger partial charge < -0.3 is 10.4 Å². The number of aliphatic carboxylic acids is 1. The number of unbranched alkanes of at least 4 members (excludes halogenated alkanes) is 1. The number of hydrogen-bond donors (Lipinski definition) is 2. The lowest BCUT2D eigenvalue weighted by atomic mass is 10.0. The number of carboxylic acid groups (broad SMARTS) is 1. The van der Waals surface area contributed by atoms with Gasteiger partial charge in [0.1, 0.15) is 5.69 Å². The number of rotatable bonds is 7. The Morgan fingerprint density at radius 1 is 1.38 bits per heavy atom. The van der Waals surface area contributed by atoms with E-state index in [9.17, 15) is 14.4 Å².